The number of pyridine rings is 1. The molecule has 4 nitrogen and oxygen atoms in total. The smallest absolute Gasteiger partial charge is 0.255 e. The number of unbranched alkanes of at least 4 members (excludes halogenated alkanes) is 2. The van der Waals surface area contributed by atoms with Crippen LogP contribution in [0.2, 0.25) is 0 Å². The van der Waals surface area contributed by atoms with Gasteiger partial charge in [0.2, 0.25) is 0 Å². The van der Waals surface area contributed by atoms with Gasteiger partial charge in [0.15, 0.2) is 0 Å². The number of aromatic nitrogens is 1. The standard InChI is InChI=1S/C18H22N2O2/c1-3-4-5-6-14-7-9-16(10-8-14)19-18(22)15-11-12-20(2)17(21)13-15/h7-13H,3-6H2,1-2H3,(H,19,22). The molecule has 1 heterocycles. The molecular weight excluding hydrogens is 276 g/mol. The molecule has 1 N–H and O–H groups in total. The predicted molar refractivity (Wildman–Crippen MR) is 89.3 cm³/mol. The van der Waals surface area contributed by atoms with E-state index in [-0.39, 0.29) is 11.5 Å². The number of hydrogen-bond acceptors (Lipinski definition) is 2. The molecule has 0 bridgehead atoms. The van der Waals surface area contributed by atoms with Crippen molar-refractivity contribution < 1.29 is 4.79 Å². The van der Waals surface area contributed by atoms with Crippen LogP contribution in [-0.2, 0) is 13.5 Å². The molecule has 0 spiro atoms. The molecule has 0 unspecified atom stereocenters. The molecule has 0 aliphatic heterocycles. The van der Waals surface area contributed by atoms with Crippen LogP contribution in [0.5, 0.6) is 0 Å². The lowest BCUT2D eigenvalue weighted by atomic mass is 10.1. The molecule has 22 heavy (non-hydrogen) atoms. The van der Waals surface area contributed by atoms with Crippen LogP contribution in [0.4, 0.5) is 5.69 Å². The molecule has 0 radical (unpaired) electrons. The van der Waals surface area contributed by atoms with Gasteiger partial charge in [-0.1, -0.05) is 31.9 Å². The van der Waals surface area contributed by atoms with Gasteiger partial charge in [-0.05, 0) is 36.6 Å². The molecule has 2 aromatic rings. The number of nitrogens with zero attached hydrogens (tertiary/aromatic N) is 1. The van der Waals surface area contributed by atoms with Gasteiger partial charge in [0.05, 0.1) is 0 Å². The van der Waals surface area contributed by atoms with Gasteiger partial charge in [0, 0.05) is 30.6 Å². The first-order valence-electron chi connectivity index (χ1n) is 7.67. The molecule has 0 aliphatic carbocycles. The van der Waals surface area contributed by atoms with Gasteiger partial charge in [-0.2, -0.15) is 0 Å². The van der Waals surface area contributed by atoms with Crippen molar-refractivity contribution >= 4 is 11.6 Å². The second kappa shape index (κ2) is 7.59. The first-order chi connectivity index (χ1) is 10.6. The Bertz CT molecular complexity index is 687. The van der Waals surface area contributed by atoms with Crippen molar-refractivity contribution in [2.75, 3.05) is 5.32 Å². The maximum absolute atomic E-state index is 12.1. The van der Waals surface area contributed by atoms with Gasteiger partial charge in [-0.3, -0.25) is 9.59 Å². The Morgan fingerprint density at radius 1 is 1.14 bits per heavy atom. The lowest BCUT2D eigenvalue weighted by molar-refractivity contribution is 0.102. The fourth-order valence-electron chi connectivity index (χ4n) is 2.23. The molecule has 1 aromatic heterocycles. The highest BCUT2D eigenvalue weighted by Gasteiger charge is 2.07. The van der Waals surface area contributed by atoms with E-state index in [9.17, 15) is 9.59 Å². The van der Waals surface area contributed by atoms with E-state index in [0.717, 1.165) is 12.1 Å². The lowest BCUT2D eigenvalue weighted by Crippen LogP contribution is -2.19. The van der Waals surface area contributed by atoms with Gasteiger partial charge in [-0.15, -0.1) is 0 Å². The van der Waals surface area contributed by atoms with Crippen LogP contribution in [-0.4, -0.2) is 10.5 Å². The quantitative estimate of drug-likeness (QED) is 0.831. The van der Waals surface area contributed by atoms with E-state index in [0.29, 0.717) is 5.56 Å². The van der Waals surface area contributed by atoms with E-state index >= 15 is 0 Å². The average molecular weight is 298 g/mol. The molecule has 1 amide bonds. The minimum Gasteiger partial charge on any atom is -0.322 e. The third-order valence-electron chi connectivity index (χ3n) is 3.65. The molecule has 0 aliphatic rings. The molecule has 0 saturated heterocycles. The zero-order valence-corrected chi connectivity index (χ0v) is 13.1. The Balaban J connectivity index is 1.99. The fraction of sp³-hybridized carbons (Fsp3) is 0.333. The number of anilines is 1. The van der Waals surface area contributed by atoms with E-state index in [2.05, 4.69) is 12.2 Å². The van der Waals surface area contributed by atoms with Crippen LogP contribution in [0.1, 0.15) is 42.1 Å². The predicted octanol–water partition coefficient (Wildman–Crippen LogP) is 3.37. The average Bonchev–Trinajstić information content (AvgIpc) is 2.52. The Morgan fingerprint density at radius 3 is 2.50 bits per heavy atom. The molecule has 0 atom stereocenters. The third-order valence-corrected chi connectivity index (χ3v) is 3.65. The van der Waals surface area contributed by atoms with Crippen molar-refractivity contribution in [1.82, 2.24) is 4.57 Å². The highest BCUT2D eigenvalue weighted by atomic mass is 16.2. The highest BCUT2D eigenvalue weighted by Crippen LogP contribution is 2.13. The minimum atomic E-state index is -0.267. The summed E-state index contributed by atoms with van der Waals surface area (Å²) in [5.41, 5.74) is 2.19. The summed E-state index contributed by atoms with van der Waals surface area (Å²) < 4.78 is 1.43. The summed E-state index contributed by atoms with van der Waals surface area (Å²) in [6.07, 6.45) is 6.30. The van der Waals surface area contributed by atoms with Crippen molar-refractivity contribution in [3.63, 3.8) is 0 Å². The van der Waals surface area contributed by atoms with E-state index in [1.807, 2.05) is 24.3 Å². The first kappa shape index (κ1) is 16.0. The van der Waals surface area contributed by atoms with E-state index in [4.69, 9.17) is 0 Å². The van der Waals surface area contributed by atoms with Crippen molar-refractivity contribution in [2.24, 2.45) is 7.05 Å². The van der Waals surface area contributed by atoms with E-state index < -0.39 is 0 Å². The number of rotatable bonds is 6. The minimum absolute atomic E-state index is 0.195. The normalized spacial score (nSPS) is 10.5. The highest BCUT2D eigenvalue weighted by molar-refractivity contribution is 6.04. The molecule has 4 heteroatoms. The molecular formula is C18H22N2O2. The number of carbonyl (C=O) groups is 1. The Labute approximate surface area is 130 Å². The van der Waals surface area contributed by atoms with Crippen LogP contribution in [0, 0.1) is 0 Å². The Hall–Kier alpha value is -2.36. The summed E-state index contributed by atoms with van der Waals surface area (Å²) in [6.45, 7) is 2.19. The summed E-state index contributed by atoms with van der Waals surface area (Å²) in [6, 6.07) is 10.9. The third kappa shape index (κ3) is 4.32. The van der Waals surface area contributed by atoms with Crippen LogP contribution in [0.15, 0.2) is 47.4 Å². The zero-order valence-electron chi connectivity index (χ0n) is 13.1. The van der Waals surface area contributed by atoms with Crippen LogP contribution < -0.4 is 10.9 Å². The number of benzene rings is 1. The largest absolute Gasteiger partial charge is 0.322 e. The number of amides is 1. The molecule has 116 valence electrons. The van der Waals surface area contributed by atoms with Crippen molar-refractivity contribution in [1.29, 1.82) is 0 Å². The van der Waals surface area contributed by atoms with Gasteiger partial charge in [0.1, 0.15) is 0 Å². The monoisotopic (exact) mass is 298 g/mol. The summed E-state index contributed by atoms with van der Waals surface area (Å²) >= 11 is 0. The van der Waals surface area contributed by atoms with Gasteiger partial charge in [-0.25, -0.2) is 0 Å². The van der Waals surface area contributed by atoms with Crippen LogP contribution in [0.25, 0.3) is 0 Å². The number of aryl methyl sites for hydroxylation is 2. The number of nitrogens with one attached hydrogen (secondary N) is 1. The topological polar surface area (TPSA) is 51.1 Å². The summed E-state index contributed by atoms with van der Waals surface area (Å²) in [7, 11) is 1.65. The van der Waals surface area contributed by atoms with Gasteiger partial charge >= 0.3 is 0 Å². The molecule has 1 aromatic carbocycles. The zero-order chi connectivity index (χ0) is 15.9. The van der Waals surface area contributed by atoms with Crippen LogP contribution >= 0.6 is 0 Å². The summed E-state index contributed by atoms with van der Waals surface area (Å²) in [5.74, 6) is -0.267. The maximum Gasteiger partial charge on any atom is 0.255 e. The van der Waals surface area contributed by atoms with Gasteiger partial charge in [0.25, 0.3) is 11.5 Å². The maximum atomic E-state index is 12.1. The van der Waals surface area contributed by atoms with Gasteiger partial charge < -0.3 is 9.88 Å². The van der Waals surface area contributed by atoms with E-state index in [1.165, 1.54) is 35.5 Å². The molecule has 0 saturated carbocycles. The molecule has 0 fully saturated rings. The summed E-state index contributed by atoms with van der Waals surface area (Å²) in [5, 5.41) is 2.81. The Kier molecular flexibility index (Phi) is 5.53. The van der Waals surface area contributed by atoms with Crippen molar-refractivity contribution in [2.45, 2.75) is 32.6 Å². The Morgan fingerprint density at radius 2 is 1.86 bits per heavy atom. The second-order valence-electron chi connectivity index (χ2n) is 5.47. The number of carbonyl (C=O) groups excluding carboxylic acids is 1. The second-order valence-corrected chi connectivity index (χ2v) is 5.47. The fourth-order valence-corrected chi connectivity index (χ4v) is 2.23. The van der Waals surface area contributed by atoms with E-state index in [1.54, 1.807) is 19.3 Å². The van der Waals surface area contributed by atoms with Crippen molar-refractivity contribution in [3.05, 3.63) is 64.1 Å². The lowest BCUT2D eigenvalue weighted by Gasteiger charge is -2.07. The molecule has 2 rings (SSSR count). The first-order valence-corrected chi connectivity index (χ1v) is 7.67. The SMILES string of the molecule is CCCCCc1ccc(NC(=O)c2ccn(C)c(=O)c2)cc1. The summed E-state index contributed by atoms with van der Waals surface area (Å²) in [4.78, 5) is 23.7. The van der Waals surface area contributed by atoms with Crippen molar-refractivity contribution in [3.8, 4) is 0 Å². The van der Waals surface area contributed by atoms with Crippen LogP contribution in [0.3, 0.4) is 0 Å². The number of hydrogen-bond donors (Lipinski definition) is 1.